The second-order valence-corrected chi connectivity index (χ2v) is 2.08. The van der Waals surface area contributed by atoms with Gasteiger partial charge in [0.1, 0.15) is 0 Å². The Morgan fingerprint density at radius 2 is 2.20 bits per heavy atom. The summed E-state index contributed by atoms with van der Waals surface area (Å²) >= 11 is 0. The molecule has 0 spiro atoms. The summed E-state index contributed by atoms with van der Waals surface area (Å²) in [5.74, 6) is 0. The minimum absolute atomic E-state index is 0.965. The Kier molecular flexibility index (Phi) is 4.46. The lowest BCUT2D eigenvalue weighted by Gasteiger charge is -2.04. The van der Waals surface area contributed by atoms with Crippen molar-refractivity contribution in [3.63, 3.8) is 0 Å². The first-order valence-corrected chi connectivity index (χ1v) is 3.44. The van der Waals surface area contributed by atoms with Crippen LogP contribution in [0.1, 0.15) is 20.3 Å². The third-order valence-corrected chi connectivity index (χ3v) is 1.46. The van der Waals surface area contributed by atoms with Gasteiger partial charge < -0.3 is 10.4 Å². The van der Waals surface area contributed by atoms with Crippen LogP contribution in [0.25, 0.3) is 0 Å². The van der Waals surface area contributed by atoms with Gasteiger partial charge in [-0.1, -0.05) is 6.92 Å². The van der Waals surface area contributed by atoms with Crippen molar-refractivity contribution >= 4 is 0 Å². The van der Waals surface area contributed by atoms with Gasteiger partial charge in [-0.3, -0.25) is 0 Å². The molecule has 0 amide bonds. The van der Waals surface area contributed by atoms with Crippen molar-refractivity contribution in [2.75, 3.05) is 7.05 Å². The molecular formula is C8H15NO. The average molecular weight is 141 g/mol. The topological polar surface area (TPSA) is 32.3 Å². The second kappa shape index (κ2) is 4.91. The van der Waals surface area contributed by atoms with Crippen molar-refractivity contribution in [1.82, 2.24) is 5.32 Å². The van der Waals surface area contributed by atoms with Gasteiger partial charge in [-0.15, -0.1) is 0 Å². The van der Waals surface area contributed by atoms with E-state index in [1.807, 2.05) is 14.0 Å². The minimum Gasteiger partial charge on any atom is -0.516 e. The monoisotopic (exact) mass is 141 g/mol. The van der Waals surface area contributed by atoms with Crippen molar-refractivity contribution in [1.29, 1.82) is 0 Å². The summed E-state index contributed by atoms with van der Waals surface area (Å²) in [5, 5.41) is 11.5. The van der Waals surface area contributed by atoms with Gasteiger partial charge in [-0.2, -0.15) is 0 Å². The Balaban J connectivity index is 4.27. The highest BCUT2D eigenvalue weighted by atomic mass is 16.2. The van der Waals surface area contributed by atoms with Gasteiger partial charge in [-0.05, 0) is 25.0 Å². The summed E-state index contributed by atoms with van der Waals surface area (Å²) in [6.07, 6.45) is 3.70. The lowest BCUT2D eigenvalue weighted by atomic mass is 10.2. The van der Waals surface area contributed by atoms with Crippen LogP contribution in [0.3, 0.4) is 0 Å². The molecule has 0 fully saturated rings. The standard InChI is InChI=1S/C8H15NO/c1-4-8(9-3)7(2)5-6-10/h5-6,9-10H,4H2,1-3H3/b6-5+,8-7+. The summed E-state index contributed by atoms with van der Waals surface area (Å²) < 4.78 is 0. The number of hydrogen-bond acceptors (Lipinski definition) is 2. The van der Waals surface area contributed by atoms with E-state index >= 15 is 0 Å². The molecule has 0 atom stereocenters. The summed E-state index contributed by atoms with van der Waals surface area (Å²) in [7, 11) is 1.88. The highest BCUT2D eigenvalue weighted by Gasteiger charge is 1.92. The van der Waals surface area contributed by atoms with Gasteiger partial charge in [0.25, 0.3) is 0 Å². The molecule has 2 nitrogen and oxygen atoms in total. The van der Waals surface area contributed by atoms with E-state index in [4.69, 9.17) is 5.11 Å². The Labute approximate surface area is 62.3 Å². The predicted octanol–water partition coefficient (Wildman–Crippen LogP) is 1.96. The minimum atomic E-state index is 0.965. The zero-order valence-corrected chi connectivity index (χ0v) is 6.81. The fourth-order valence-electron chi connectivity index (χ4n) is 0.865. The molecule has 0 aromatic rings. The summed E-state index contributed by atoms with van der Waals surface area (Å²) in [4.78, 5) is 0. The first-order valence-electron chi connectivity index (χ1n) is 3.44. The number of allylic oxidation sites excluding steroid dienone is 3. The van der Waals surface area contributed by atoms with E-state index < -0.39 is 0 Å². The highest BCUT2D eigenvalue weighted by molar-refractivity contribution is 5.20. The normalized spacial score (nSPS) is 13.5. The Hall–Kier alpha value is -0.920. The predicted molar refractivity (Wildman–Crippen MR) is 43.8 cm³/mol. The number of nitrogens with one attached hydrogen (secondary N) is 1. The van der Waals surface area contributed by atoms with Crippen LogP contribution < -0.4 is 5.32 Å². The maximum Gasteiger partial charge on any atom is 0.0794 e. The van der Waals surface area contributed by atoms with Gasteiger partial charge in [0.2, 0.25) is 0 Å². The van der Waals surface area contributed by atoms with E-state index in [9.17, 15) is 0 Å². The van der Waals surface area contributed by atoms with Gasteiger partial charge >= 0.3 is 0 Å². The second-order valence-electron chi connectivity index (χ2n) is 2.08. The van der Waals surface area contributed by atoms with Crippen LogP contribution in [0.4, 0.5) is 0 Å². The summed E-state index contributed by atoms with van der Waals surface area (Å²) in [6, 6.07) is 0. The maximum absolute atomic E-state index is 8.43. The van der Waals surface area contributed by atoms with Crippen molar-refractivity contribution in [2.24, 2.45) is 0 Å². The van der Waals surface area contributed by atoms with Crippen molar-refractivity contribution in [3.05, 3.63) is 23.6 Å². The van der Waals surface area contributed by atoms with Crippen molar-refractivity contribution in [3.8, 4) is 0 Å². The molecule has 0 heterocycles. The van der Waals surface area contributed by atoms with Crippen LogP contribution in [0.5, 0.6) is 0 Å². The van der Waals surface area contributed by atoms with Crippen LogP contribution in [-0.2, 0) is 0 Å². The van der Waals surface area contributed by atoms with Crippen LogP contribution in [0.15, 0.2) is 23.6 Å². The first kappa shape index (κ1) is 9.08. The third-order valence-electron chi connectivity index (χ3n) is 1.46. The smallest absolute Gasteiger partial charge is 0.0794 e. The molecule has 0 aromatic heterocycles. The Morgan fingerprint density at radius 1 is 1.60 bits per heavy atom. The molecule has 0 saturated carbocycles. The van der Waals surface area contributed by atoms with Crippen LogP contribution in [0, 0.1) is 0 Å². The number of aliphatic hydroxyl groups excluding tert-OH is 1. The summed E-state index contributed by atoms with van der Waals surface area (Å²) in [6.45, 7) is 4.03. The molecule has 0 aliphatic rings. The molecule has 0 rings (SSSR count). The lowest BCUT2D eigenvalue weighted by Crippen LogP contribution is -2.06. The van der Waals surface area contributed by atoms with Crippen LogP contribution >= 0.6 is 0 Å². The highest BCUT2D eigenvalue weighted by Crippen LogP contribution is 2.04. The molecule has 0 saturated heterocycles. The molecule has 2 N–H and O–H groups in total. The van der Waals surface area contributed by atoms with Crippen LogP contribution in [0.2, 0.25) is 0 Å². The molecule has 0 aromatic carbocycles. The van der Waals surface area contributed by atoms with Gasteiger partial charge in [-0.25, -0.2) is 0 Å². The van der Waals surface area contributed by atoms with E-state index in [0.29, 0.717) is 0 Å². The van der Waals surface area contributed by atoms with E-state index in [-0.39, 0.29) is 0 Å². The molecule has 0 aliphatic carbocycles. The fraction of sp³-hybridized carbons (Fsp3) is 0.500. The number of hydrogen-bond donors (Lipinski definition) is 2. The molecule has 2 heteroatoms. The van der Waals surface area contributed by atoms with Crippen LogP contribution in [-0.4, -0.2) is 12.2 Å². The average Bonchev–Trinajstić information content (AvgIpc) is 1.91. The van der Waals surface area contributed by atoms with Gasteiger partial charge in [0.15, 0.2) is 0 Å². The fourth-order valence-corrected chi connectivity index (χ4v) is 0.865. The van der Waals surface area contributed by atoms with Crippen molar-refractivity contribution in [2.45, 2.75) is 20.3 Å². The van der Waals surface area contributed by atoms with Crippen molar-refractivity contribution < 1.29 is 5.11 Å². The molecule has 58 valence electrons. The third kappa shape index (κ3) is 2.58. The van der Waals surface area contributed by atoms with Gasteiger partial charge in [0.05, 0.1) is 6.26 Å². The van der Waals surface area contributed by atoms with Gasteiger partial charge in [0, 0.05) is 12.7 Å². The molecule has 10 heavy (non-hydrogen) atoms. The van der Waals surface area contributed by atoms with E-state index in [1.54, 1.807) is 6.08 Å². The molecule has 0 aliphatic heterocycles. The lowest BCUT2D eigenvalue weighted by molar-refractivity contribution is 0.473. The SMILES string of the molecule is CC/C(NC)=C(C)\C=C\O. The zero-order chi connectivity index (χ0) is 7.98. The summed E-state index contributed by atoms with van der Waals surface area (Å²) in [5.41, 5.74) is 2.23. The Morgan fingerprint density at radius 3 is 2.50 bits per heavy atom. The number of aliphatic hydroxyl groups is 1. The molecule has 0 bridgehead atoms. The Bertz CT molecular complexity index is 141. The zero-order valence-electron chi connectivity index (χ0n) is 6.81. The molecular weight excluding hydrogens is 126 g/mol. The molecule has 0 radical (unpaired) electrons. The molecule has 0 unspecified atom stereocenters. The quantitative estimate of drug-likeness (QED) is 0.465. The maximum atomic E-state index is 8.43. The van der Waals surface area contributed by atoms with E-state index in [2.05, 4.69) is 12.2 Å². The van der Waals surface area contributed by atoms with E-state index in [0.717, 1.165) is 24.0 Å². The largest absolute Gasteiger partial charge is 0.516 e. The number of rotatable bonds is 3. The first-order chi connectivity index (χ1) is 4.76. The van der Waals surface area contributed by atoms with E-state index in [1.165, 1.54) is 0 Å².